The Hall–Kier alpha value is -2.63. The largest absolute Gasteiger partial charge is 0.465 e. The van der Waals surface area contributed by atoms with Crippen molar-refractivity contribution in [1.29, 1.82) is 0 Å². The van der Waals surface area contributed by atoms with E-state index in [2.05, 4.69) is 15.3 Å². The number of ether oxygens (including phenoxy) is 1. The van der Waals surface area contributed by atoms with Gasteiger partial charge in [0.1, 0.15) is 0 Å². The van der Waals surface area contributed by atoms with Crippen LogP contribution in [0.4, 0.5) is 0 Å². The molecule has 0 fully saturated rings. The number of nitrogens with one attached hydrogen (secondary N) is 1. The molecule has 0 radical (unpaired) electrons. The molecule has 0 aliphatic carbocycles. The van der Waals surface area contributed by atoms with E-state index >= 15 is 0 Å². The van der Waals surface area contributed by atoms with E-state index in [1.807, 2.05) is 19.1 Å². The van der Waals surface area contributed by atoms with E-state index in [0.717, 1.165) is 12.0 Å². The van der Waals surface area contributed by atoms with Crippen molar-refractivity contribution in [2.45, 2.75) is 19.9 Å². The maximum absolute atomic E-state index is 11.9. The smallest absolute Gasteiger partial charge is 0.294 e. The third-order valence-electron chi connectivity index (χ3n) is 2.54. The SMILES string of the molecule is CCCOC(=NCc1cccnc1)NC(=O)c1ccco1. The number of carbonyl (C=O) groups excluding carboxylic acids is 1. The fraction of sp³-hybridized carbons (Fsp3) is 0.267. The fourth-order valence-electron chi connectivity index (χ4n) is 1.54. The van der Waals surface area contributed by atoms with Crippen LogP contribution in [0.25, 0.3) is 0 Å². The lowest BCUT2D eigenvalue weighted by Gasteiger charge is -2.09. The molecule has 0 atom stereocenters. The first-order valence-electron chi connectivity index (χ1n) is 6.70. The molecule has 0 aromatic carbocycles. The zero-order valence-electron chi connectivity index (χ0n) is 11.8. The molecule has 0 saturated heterocycles. The minimum absolute atomic E-state index is 0.183. The lowest BCUT2D eigenvalue weighted by molar-refractivity contribution is 0.0938. The summed E-state index contributed by atoms with van der Waals surface area (Å²) in [5.74, 6) is -0.176. The normalized spacial score (nSPS) is 11.2. The van der Waals surface area contributed by atoms with E-state index < -0.39 is 0 Å². The number of amides is 1. The summed E-state index contributed by atoms with van der Waals surface area (Å²) < 4.78 is 10.5. The van der Waals surface area contributed by atoms with Crippen LogP contribution in [0.5, 0.6) is 0 Å². The Kier molecular flexibility index (Phi) is 5.51. The van der Waals surface area contributed by atoms with E-state index in [0.29, 0.717) is 13.2 Å². The van der Waals surface area contributed by atoms with Gasteiger partial charge < -0.3 is 9.15 Å². The van der Waals surface area contributed by atoms with Gasteiger partial charge in [-0.25, -0.2) is 4.99 Å². The number of furan rings is 1. The Morgan fingerprint density at radius 2 is 2.33 bits per heavy atom. The number of amidine groups is 1. The van der Waals surface area contributed by atoms with E-state index in [1.54, 1.807) is 24.5 Å². The maximum Gasteiger partial charge on any atom is 0.294 e. The minimum atomic E-state index is -0.388. The Balaban J connectivity index is 2.01. The van der Waals surface area contributed by atoms with E-state index in [9.17, 15) is 4.79 Å². The Morgan fingerprint density at radius 3 is 3.00 bits per heavy atom. The molecule has 0 spiro atoms. The molecule has 6 nitrogen and oxygen atoms in total. The van der Waals surface area contributed by atoms with Crippen LogP contribution >= 0.6 is 0 Å². The van der Waals surface area contributed by atoms with Crippen LogP contribution in [0.15, 0.2) is 52.3 Å². The predicted molar refractivity (Wildman–Crippen MR) is 77.8 cm³/mol. The van der Waals surface area contributed by atoms with E-state index in [-0.39, 0.29) is 17.7 Å². The molecule has 6 heteroatoms. The van der Waals surface area contributed by atoms with Gasteiger partial charge in [0.2, 0.25) is 0 Å². The molecule has 0 aliphatic heterocycles. The molecular weight excluding hydrogens is 270 g/mol. The van der Waals surface area contributed by atoms with E-state index in [1.165, 1.54) is 6.26 Å². The van der Waals surface area contributed by atoms with Gasteiger partial charge >= 0.3 is 0 Å². The topological polar surface area (TPSA) is 76.7 Å². The van der Waals surface area contributed by atoms with Gasteiger partial charge in [0.15, 0.2) is 5.76 Å². The quantitative estimate of drug-likeness (QED) is 0.676. The number of hydrogen-bond acceptors (Lipinski definition) is 5. The number of rotatable bonds is 5. The molecular formula is C15H17N3O3. The van der Waals surface area contributed by atoms with Crippen LogP contribution in [0.2, 0.25) is 0 Å². The molecule has 0 bridgehead atoms. The van der Waals surface area contributed by atoms with Crippen LogP contribution in [0, 0.1) is 0 Å². The van der Waals surface area contributed by atoms with Crippen LogP contribution in [0.1, 0.15) is 29.5 Å². The standard InChI is InChI=1S/C15H17N3O3/c1-2-8-21-15(17-11-12-5-3-7-16-10-12)18-14(19)13-6-4-9-20-13/h3-7,9-10H,2,8,11H2,1H3,(H,17,18,19). The summed E-state index contributed by atoms with van der Waals surface area (Å²) in [6.45, 7) is 2.84. The van der Waals surface area contributed by atoms with Gasteiger partial charge in [-0.2, -0.15) is 0 Å². The zero-order chi connectivity index (χ0) is 14.9. The highest BCUT2D eigenvalue weighted by Gasteiger charge is 2.12. The summed E-state index contributed by atoms with van der Waals surface area (Å²) in [6, 6.07) is 7.14. The van der Waals surface area contributed by atoms with Gasteiger partial charge in [-0.15, -0.1) is 0 Å². The number of aliphatic imine (C=N–C) groups is 1. The van der Waals surface area contributed by atoms with Gasteiger partial charge in [0, 0.05) is 12.4 Å². The average molecular weight is 287 g/mol. The van der Waals surface area contributed by atoms with Crippen molar-refractivity contribution in [1.82, 2.24) is 10.3 Å². The summed E-state index contributed by atoms with van der Waals surface area (Å²) in [5, 5.41) is 2.60. The minimum Gasteiger partial charge on any atom is -0.465 e. The number of aromatic nitrogens is 1. The van der Waals surface area contributed by atoms with Crippen molar-refractivity contribution in [2.75, 3.05) is 6.61 Å². The first-order chi connectivity index (χ1) is 10.3. The highest BCUT2D eigenvalue weighted by molar-refractivity contribution is 6.02. The monoisotopic (exact) mass is 287 g/mol. The number of pyridine rings is 1. The summed E-state index contributed by atoms with van der Waals surface area (Å²) in [4.78, 5) is 20.2. The van der Waals surface area contributed by atoms with Gasteiger partial charge in [-0.3, -0.25) is 15.1 Å². The summed E-state index contributed by atoms with van der Waals surface area (Å²) in [6.07, 6.45) is 5.67. The van der Waals surface area contributed by atoms with Crippen molar-refractivity contribution in [3.8, 4) is 0 Å². The Bertz CT molecular complexity index is 579. The summed E-state index contributed by atoms with van der Waals surface area (Å²) >= 11 is 0. The van der Waals surface area contributed by atoms with Crippen LogP contribution < -0.4 is 5.32 Å². The zero-order valence-corrected chi connectivity index (χ0v) is 11.8. The van der Waals surface area contributed by atoms with Gasteiger partial charge in [-0.05, 0) is 30.2 Å². The first kappa shape index (κ1) is 14.8. The molecule has 1 amide bonds. The lowest BCUT2D eigenvalue weighted by atomic mass is 10.3. The highest BCUT2D eigenvalue weighted by Crippen LogP contribution is 2.01. The van der Waals surface area contributed by atoms with E-state index in [4.69, 9.17) is 9.15 Å². The molecule has 1 N–H and O–H groups in total. The van der Waals surface area contributed by atoms with Gasteiger partial charge in [0.05, 0.1) is 19.4 Å². The summed E-state index contributed by atoms with van der Waals surface area (Å²) in [7, 11) is 0. The van der Waals surface area contributed by atoms with Crippen molar-refractivity contribution >= 4 is 11.9 Å². The molecule has 0 unspecified atom stereocenters. The molecule has 2 rings (SSSR count). The number of nitrogens with zero attached hydrogens (tertiary/aromatic N) is 2. The van der Waals surface area contributed by atoms with Gasteiger partial charge in [-0.1, -0.05) is 13.0 Å². The highest BCUT2D eigenvalue weighted by atomic mass is 16.5. The molecule has 0 aliphatic rings. The first-order valence-corrected chi connectivity index (χ1v) is 6.70. The lowest BCUT2D eigenvalue weighted by Crippen LogP contribution is -2.32. The fourth-order valence-corrected chi connectivity index (χ4v) is 1.54. The van der Waals surface area contributed by atoms with Crippen molar-refractivity contribution in [3.63, 3.8) is 0 Å². The molecule has 2 aromatic rings. The second-order valence-electron chi connectivity index (χ2n) is 4.26. The average Bonchev–Trinajstić information content (AvgIpc) is 3.05. The van der Waals surface area contributed by atoms with Crippen molar-refractivity contribution in [3.05, 3.63) is 54.2 Å². The van der Waals surface area contributed by atoms with Crippen molar-refractivity contribution < 1.29 is 13.9 Å². The maximum atomic E-state index is 11.9. The number of carbonyl (C=O) groups is 1. The Morgan fingerprint density at radius 1 is 1.43 bits per heavy atom. The van der Waals surface area contributed by atoms with Crippen LogP contribution in [-0.2, 0) is 11.3 Å². The summed E-state index contributed by atoms with van der Waals surface area (Å²) in [5.41, 5.74) is 0.933. The van der Waals surface area contributed by atoms with Crippen molar-refractivity contribution in [2.24, 2.45) is 4.99 Å². The third kappa shape index (κ3) is 4.76. The molecule has 21 heavy (non-hydrogen) atoms. The molecule has 0 saturated carbocycles. The third-order valence-corrected chi connectivity index (χ3v) is 2.54. The second-order valence-corrected chi connectivity index (χ2v) is 4.26. The molecule has 2 heterocycles. The molecule has 2 aromatic heterocycles. The van der Waals surface area contributed by atoms with Crippen LogP contribution in [0.3, 0.4) is 0 Å². The number of hydrogen-bond donors (Lipinski definition) is 1. The van der Waals surface area contributed by atoms with Gasteiger partial charge in [0.25, 0.3) is 11.9 Å². The molecule has 110 valence electrons. The second kappa shape index (κ2) is 7.84. The van der Waals surface area contributed by atoms with Crippen LogP contribution in [-0.4, -0.2) is 23.5 Å². The Labute approximate surface area is 122 Å². The predicted octanol–water partition coefficient (Wildman–Crippen LogP) is 2.39.